The normalized spacial score (nSPS) is 25.8. The highest BCUT2D eigenvalue weighted by atomic mass is 16.2. The summed E-state index contributed by atoms with van der Waals surface area (Å²) in [7, 11) is 2.12. The molecular weight excluding hydrogens is 332 g/mol. The average molecular weight is 356 g/mol. The summed E-state index contributed by atoms with van der Waals surface area (Å²) in [6, 6.07) is 5.77. The highest BCUT2D eigenvalue weighted by Gasteiger charge is 2.39. The number of rotatable bonds is 4. The van der Waals surface area contributed by atoms with Crippen molar-refractivity contribution in [3.63, 3.8) is 0 Å². The van der Waals surface area contributed by atoms with Crippen LogP contribution in [0.25, 0.3) is 0 Å². The third-order valence-electron chi connectivity index (χ3n) is 5.76. The zero-order chi connectivity index (χ0) is 18.3. The highest BCUT2D eigenvalue weighted by Crippen LogP contribution is 2.30. The molecule has 7 nitrogen and oxygen atoms in total. The van der Waals surface area contributed by atoms with E-state index in [0.717, 1.165) is 37.2 Å². The molecule has 1 unspecified atom stereocenters. The van der Waals surface area contributed by atoms with Crippen LogP contribution in [-0.2, 0) is 22.7 Å². The number of hydrogen-bond acceptors (Lipinski definition) is 5. The number of amides is 3. The zero-order valence-electron chi connectivity index (χ0n) is 15.0. The summed E-state index contributed by atoms with van der Waals surface area (Å²) in [5.74, 6) is -0.734. The van der Waals surface area contributed by atoms with Crippen LogP contribution in [0.5, 0.6) is 0 Å². The Balaban J connectivity index is 1.54. The van der Waals surface area contributed by atoms with Crippen LogP contribution in [0.15, 0.2) is 18.2 Å². The van der Waals surface area contributed by atoms with Gasteiger partial charge in [-0.1, -0.05) is 12.1 Å². The summed E-state index contributed by atoms with van der Waals surface area (Å²) in [6.07, 6.45) is 1.81. The molecule has 2 saturated heterocycles. The lowest BCUT2D eigenvalue weighted by Crippen LogP contribution is -2.52. The van der Waals surface area contributed by atoms with Crippen molar-refractivity contribution in [3.8, 4) is 0 Å². The first-order chi connectivity index (χ1) is 12.5. The second kappa shape index (κ2) is 6.81. The smallest absolute Gasteiger partial charge is 0.255 e. The Morgan fingerprint density at radius 1 is 1.23 bits per heavy atom. The van der Waals surface area contributed by atoms with Crippen molar-refractivity contribution in [2.75, 3.05) is 20.1 Å². The van der Waals surface area contributed by atoms with Crippen molar-refractivity contribution in [2.24, 2.45) is 0 Å². The van der Waals surface area contributed by atoms with Gasteiger partial charge in [0.25, 0.3) is 5.91 Å². The van der Waals surface area contributed by atoms with Gasteiger partial charge in [0.15, 0.2) is 0 Å². The summed E-state index contributed by atoms with van der Waals surface area (Å²) in [5.41, 5.74) is 2.84. The number of hydrogen-bond donors (Lipinski definition) is 2. The number of fused-ring (bicyclic) bond motifs is 1. The summed E-state index contributed by atoms with van der Waals surface area (Å²) >= 11 is 0. The first-order valence-corrected chi connectivity index (χ1v) is 9.21. The van der Waals surface area contributed by atoms with Crippen LogP contribution >= 0.6 is 0 Å². The van der Waals surface area contributed by atoms with E-state index < -0.39 is 6.04 Å². The minimum Gasteiger partial charge on any atom is -0.322 e. The quantitative estimate of drug-likeness (QED) is 0.756. The maximum Gasteiger partial charge on any atom is 0.255 e. The Kier molecular flexibility index (Phi) is 4.50. The van der Waals surface area contributed by atoms with Crippen LogP contribution in [0.4, 0.5) is 0 Å². The number of carbonyl (C=O) groups is 3. The van der Waals surface area contributed by atoms with Gasteiger partial charge in [0.1, 0.15) is 6.04 Å². The molecule has 2 atom stereocenters. The van der Waals surface area contributed by atoms with Gasteiger partial charge >= 0.3 is 0 Å². The number of likely N-dealkylation sites (N-methyl/N-ethyl adjacent to an activating group) is 1. The van der Waals surface area contributed by atoms with Gasteiger partial charge in [0.2, 0.25) is 11.8 Å². The van der Waals surface area contributed by atoms with E-state index in [4.69, 9.17) is 0 Å². The molecule has 1 aromatic rings. The first-order valence-electron chi connectivity index (χ1n) is 9.21. The van der Waals surface area contributed by atoms with Gasteiger partial charge in [-0.15, -0.1) is 0 Å². The van der Waals surface area contributed by atoms with E-state index in [0.29, 0.717) is 24.6 Å². The van der Waals surface area contributed by atoms with Crippen molar-refractivity contribution < 1.29 is 14.4 Å². The molecule has 138 valence electrons. The number of carbonyl (C=O) groups excluding carboxylic acids is 3. The van der Waals surface area contributed by atoms with E-state index in [9.17, 15) is 14.4 Å². The molecule has 4 rings (SSSR count). The molecule has 0 saturated carbocycles. The molecule has 3 heterocycles. The predicted octanol–water partition coefficient (Wildman–Crippen LogP) is 0.241. The lowest BCUT2D eigenvalue weighted by atomic mass is 10.0. The second-order valence-electron chi connectivity index (χ2n) is 7.40. The summed E-state index contributed by atoms with van der Waals surface area (Å²) < 4.78 is 0. The van der Waals surface area contributed by atoms with Crippen molar-refractivity contribution >= 4 is 17.7 Å². The predicted molar refractivity (Wildman–Crippen MR) is 95.2 cm³/mol. The third-order valence-corrected chi connectivity index (χ3v) is 5.76. The van der Waals surface area contributed by atoms with Gasteiger partial charge in [0.05, 0.1) is 0 Å². The number of piperidine rings is 1. The van der Waals surface area contributed by atoms with Crippen molar-refractivity contribution in [1.29, 1.82) is 0 Å². The standard InChI is InChI=1S/C19H24N4O3/c1-22(13-7-8-20-9-13)10-12-3-2-4-14-15(12)11-23(19(14)26)16-5-6-17(24)21-18(16)25/h2-4,13,16,20H,5-11H2,1H3,(H,21,24,25)/t13-,16?/m0/s1. The minimum absolute atomic E-state index is 0.110. The lowest BCUT2D eigenvalue weighted by molar-refractivity contribution is -0.136. The Bertz CT molecular complexity index is 757. The lowest BCUT2D eigenvalue weighted by Gasteiger charge is -2.29. The Morgan fingerprint density at radius 2 is 2.08 bits per heavy atom. The molecule has 0 radical (unpaired) electrons. The molecule has 0 aromatic heterocycles. The number of nitrogens with one attached hydrogen (secondary N) is 2. The maximum absolute atomic E-state index is 12.9. The van der Waals surface area contributed by atoms with Gasteiger partial charge in [-0.05, 0) is 43.6 Å². The highest BCUT2D eigenvalue weighted by molar-refractivity contribution is 6.05. The van der Waals surface area contributed by atoms with E-state index in [1.54, 1.807) is 4.90 Å². The van der Waals surface area contributed by atoms with E-state index >= 15 is 0 Å². The molecule has 2 N–H and O–H groups in total. The first kappa shape index (κ1) is 17.2. The van der Waals surface area contributed by atoms with E-state index in [1.165, 1.54) is 0 Å². The van der Waals surface area contributed by atoms with Crippen molar-refractivity contribution in [3.05, 3.63) is 34.9 Å². The second-order valence-corrected chi connectivity index (χ2v) is 7.40. The van der Waals surface area contributed by atoms with Crippen LogP contribution in [0, 0.1) is 0 Å². The number of benzene rings is 1. The fourth-order valence-corrected chi connectivity index (χ4v) is 4.21. The van der Waals surface area contributed by atoms with Crippen LogP contribution in [0.3, 0.4) is 0 Å². The minimum atomic E-state index is -0.558. The number of imide groups is 1. The molecule has 7 heteroatoms. The van der Waals surface area contributed by atoms with Gasteiger partial charge in [-0.2, -0.15) is 0 Å². The van der Waals surface area contributed by atoms with E-state index in [1.807, 2.05) is 12.1 Å². The summed E-state index contributed by atoms with van der Waals surface area (Å²) in [6.45, 7) is 3.26. The largest absolute Gasteiger partial charge is 0.322 e. The summed E-state index contributed by atoms with van der Waals surface area (Å²) in [4.78, 5) is 40.4. The molecule has 26 heavy (non-hydrogen) atoms. The van der Waals surface area contributed by atoms with Crippen molar-refractivity contribution in [1.82, 2.24) is 20.4 Å². The van der Waals surface area contributed by atoms with E-state index in [-0.39, 0.29) is 24.1 Å². The molecule has 3 amide bonds. The van der Waals surface area contributed by atoms with Gasteiger partial charge in [-0.3, -0.25) is 24.6 Å². The molecule has 0 aliphatic carbocycles. The SMILES string of the molecule is CN(Cc1cccc2c1CN(C1CCC(=O)NC1=O)C2=O)[C@H]1CCNC1. The fraction of sp³-hybridized carbons (Fsp3) is 0.526. The molecule has 3 aliphatic heterocycles. The van der Waals surface area contributed by atoms with Crippen LogP contribution in [0.1, 0.15) is 40.7 Å². The third kappa shape index (κ3) is 3.01. The topological polar surface area (TPSA) is 81.8 Å². The van der Waals surface area contributed by atoms with Gasteiger partial charge < -0.3 is 10.2 Å². The monoisotopic (exact) mass is 356 g/mol. The van der Waals surface area contributed by atoms with Crippen LogP contribution in [0.2, 0.25) is 0 Å². The van der Waals surface area contributed by atoms with Gasteiger partial charge in [-0.25, -0.2) is 0 Å². The van der Waals surface area contributed by atoms with E-state index in [2.05, 4.69) is 28.6 Å². The molecule has 0 bridgehead atoms. The average Bonchev–Trinajstić information content (AvgIpc) is 3.25. The maximum atomic E-state index is 12.9. The summed E-state index contributed by atoms with van der Waals surface area (Å²) in [5, 5.41) is 5.73. The molecular formula is C19H24N4O3. The Morgan fingerprint density at radius 3 is 2.81 bits per heavy atom. The van der Waals surface area contributed by atoms with Crippen LogP contribution in [-0.4, -0.2) is 59.7 Å². The Hall–Kier alpha value is -2.25. The molecule has 0 spiro atoms. The molecule has 1 aromatic carbocycles. The van der Waals surface area contributed by atoms with Crippen molar-refractivity contribution in [2.45, 2.75) is 44.4 Å². The fourth-order valence-electron chi connectivity index (χ4n) is 4.21. The van der Waals surface area contributed by atoms with Crippen LogP contribution < -0.4 is 10.6 Å². The number of nitrogens with zero attached hydrogens (tertiary/aromatic N) is 2. The Labute approximate surface area is 152 Å². The zero-order valence-corrected chi connectivity index (χ0v) is 15.0. The molecule has 2 fully saturated rings. The van der Waals surface area contributed by atoms with Gasteiger partial charge in [0, 0.05) is 37.7 Å². The molecule has 3 aliphatic rings.